The van der Waals surface area contributed by atoms with Crippen LogP contribution in [0.25, 0.3) is 10.8 Å². The van der Waals surface area contributed by atoms with Crippen molar-refractivity contribution in [1.82, 2.24) is 0 Å². The van der Waals surface area contributed by atoms with Gasteiger partial charge in [-0.15, -0.1) is 0 Å². The maximum absolute atomic E-state index is 3.64. The summed E-state index contributed by atoms with van der Waals surface area (Å²) in [5, 5.41) is 6.28. The van der Waals surface area contributed by atoms with Crippen LogP contribution in [0.1, 0.15) is 17.2 Å². The van der Waals surface area contributed by atoms with Gasteiger partial charge in [0.05, 0.1) is 6.04 Å². The van der Waals surface area contributed by atoms with Crippen LogP contribution in [0.4, 0.5) is 5.69 Å². The van der Waals surface area contributed by atoms with Crippen LogP contribution in [0.2, 0.25) is 0 Å². The van der Waals surface area contributed by atoms with Gasteiger partial charge in [-0.25, -0.2) is 0 Å². The topological polar surface area (TPSA) is 12.0 Å². The van der Waals surface area contributed by atoms with Gasteiger partial charge in [0.15, 0.2) is 0 Å². The van der Waals surface area contributed by atoms with Crippen LogP contribution in [0.15, 0.2) is 66.7 Å². The minimum atomic E-state index is 0.410. The molecule has 1 nitrogen and oxygen atoms in total. The van der Waals surface area contributed by atoms with E-state index in [1.165, 1.54) is 27.6 Å². The fourth-order valence-corrected chi connectivity index (χ4v) is 2.94. The van der Waals surface area contributed by atoms with Crippen LogP contribution in [0.5, 0.6) is 0 Å². The van der Waals surface area contributed by atoms with Gasteiger partial charge in [0, 0.05) is 5.69 Å². The SMILES string of the molecule is c1ccc(C2Cc3cc4ccccc4cc3N2)cc1. The fourth-order valence-electron chi connectivity index (χ4n) is 2.94. The maximum Gasteiger partial charge on any atom is 0.0555 e. The number of nitrogens with one attached hydrogen (secondary N) is 1. The van der Waals surface area contributed by atoms with Crippen LogP contribution < -0.4 is 5.32 Å². The van der Waals surface area contributed by atoms with E-state index in [1.807, 2.05) is 0 Å². The molecular formula is C18H15N. The summed E-state index contributed by atoms with van der Waals surface area (Å²) < 4.78 is 0. The van der Waals surface area contributed by atoms with Crippen molar-refractivity contribution in [3.63, 3.8) is 0 Å². The summed E-state index contributed by atoms with van der Waals surface area (Å²) in [6.45, 7) is 0. The van der Waals surface area contributed by atoms with Crippen LogP contribution in [0, 0.1) is 0 Å². The fraction of sp³-hybridized carbons (Fsp3) is 0.111. The first-order valence-electron chi connectivity index (χ1n) is 6.73. The lowest BCUT2D eigenvalue weighted by Gasteiger charge is -2.11. The second-order valence-electron chi connectivity index (χ2n) is 5.17. The molecule has 0 aromatic heterocycles. The molecule has 19 heavy (non-hydrogen) atoms. The van der Waals surface area contributed by atoms with Crippen molar-refractivity contribution in [1.29, 1.82) is 0 Å². The molecule has 0 bridgehead atoms. The van der Waals surface area contributed by atoms with Crippen molar-refractivity contribution in [3.05, 3.63) is 77.9 Å². The lowest BCUT2D eigenvalue weighted by atomic mass is 10.0. The molecular weight excluding hydrogens is 230 g/mol. The van der Waals surface area contributed by atoms with Crippen molar-refractivity contribution in [3.8, 4) is 0 Å². The van der Waals surface area contributed by atoms with E-state index in [-0.39, 0.29) is 0 Å². The normalized spacial score (nSPS) is 17.2. The van der Waals surface area contributed by atoms with Gasteiger partial charge in [0.2, 0.25) is 0 Å². The zero-order valence-corrected chi connectivity index (χ0v) is 10.6. The molecule has 1 heterocycles. The van der Waals surface area contributed by atoms with E-state index in [0.29, 0.717) is 6.04 Å². The molecule has 3 aromatic carbocycles. The molecule has 0 aliphatic carbocycles. The molecule has 0 saturated heterocycles. The number of rotatable bonds is 1. The molecule has 1 atom stereocenters. The molecule has 1 unspecified atom stereocenters. The van der Waals surface area contributed by atoms with Gasteiger partial charge in [-0.3, -0.25) is 0 Å². The summed E-state index contributed by atoms with van der Waals surface area (Å²) in [7, 11) is 0. The highest BCUT2D eigenvalue weighted by Gasteiger charge is 2.21. The molecule has 0 radical (unpaired) electrons. The molecule has 92 valence electrons. The van der Waals surface area contributed by atoms with Crippen molar-refractivity contribution in [2.75, 3.05) is 5.32 Å². The average molecular weight is 245 g/mol. The Hall–Kier alpha value is -2.28. The predicted molar refractivity (Wildman–Crippen MR) is 80.5 cm³/mol. The van der Waals surface area contributed by atoms with Crippen molar-refractivity contribution >= 4 is 16.5 Å². The Morgan fingerprint density at radius 2 is 1.47 bits per heavy atom. The molecule has 1 N–H and O–H groups in total. The van der Waals surface area contributed by atoms with E-state index in [0.717, 1.165) is 6.42 Å². The monoisotopic (exact) mass is 245 g/mol. The Balaban J connectivity index is 1.76. The van der Waals surface area contributed by atoms with Gasteiger partial charge >= 0.3 is 0 Å². The number of fused-ring (bicyclic) bond motifs is 2. The Morgan fingerprint density at radius 1 is 0.789 bits per heavy atom. The first-order chi connectivity index (χ1) is 9.40. The summed E-state index contributed by atoms with van der Waals surface area (Å²) in [6.07, 6.45) is 1.07. The lowest BCUT2D eigenvalue weighted by Crippen LogP contribution is -2.04. The number of benzene rings is 3. The first kappa shape index (κ1) is 10.6. The van der Waals surface area contributed by atoms with Crippen LogP contribution >= 0.6 is 0 Å². The molecule has 0 amide bonds. The Labute approximate surface area is 112 Å². The van der Waals surface area contributed by atoms with Crippen LogP contribution in [0.3, 0.4) is 0 Å². The molecule has 0 spiro atoms. The minimum absolute atomic E-state index is 0.410. The van der Waals surface area contributed by atoms with E-state index in [1.54, 1.807) is 0 Å². The van der Waals surface area contributed by atoms with Gasteiger partial charge in [0.1, 0.15) is 0 Å². The summed E-state index contributed by atoms with van der Waals surface area (Å²) >= 11 is 0. The maximum atomic E-state index is 3.64. The zero-order chi connectivity index (χ0) is 12.7. The highest BCUT2D eigenvalue weighted by atomic mass is 14.9. The smallest absolute Gasteiger partial charge is 0.0555 e. The van der Waals surface area contributed by atoms with E-state index < -0.39 is 0 Å². The van der Waals surface area contributed by atoms with E-state index in [9.17, 15) is 0 Å². The standard InChI is InChI=1S/C18H15N/c1-2-6-13(7-3-1)17-12-16-10-14-8-4-5-9-15(14)11-18(16)19-17/h1-11,17,19H,12H2. The third kappa shape index (κ3) is 1.78. The van der Waals surface area contributed by atoms with Gasteiger partial charge < -0.3 is 5.32 Å². The second-order valence-corrected chi connectivity index (χ2v) is 5.17. The molecule has 4 rings (SSSR count). The van der Waals surface area contributed by atoms with Gasteiger partial charge in [-0.2, -0.15) is 0 Å². The highest BCUT2D eigenvalue weighted by molar-refractivity contribution is 5.88. The zero-order valence-electron chi connectivity index (χ0n) is 10.6. The molecule has 3 aromatic rings. The second kappa shape index (κ2) is 4.13. The Bertz CT molecular complexity index is 687. The quantitative estimate of drug-likeness (QED) is 0.663. The Kier molecular flexibility index (Phi) is 2.31. The molecule has 1 aliphatic rings. The van der Waals surface area contributed by atoms with E-state index in [4.69, 9.17) is 0 Å². The molecule has 0 fully saturated rings. The summed E-state index contributed by atoms with van der Waals surface area (Å²) in [4.78, 5) is 0. The number of hydrogen-bond acceptors (Lipinski definition) is 1. The summed E-state index contributed by atoms with van der Waals surface area (Å²) in [5.41, 5.74) is 4.07. The minimum Gasteiger partial charge on any atom is -0.378 e. The van der Waals surface area contributed by atoms with E-state index in [2.05, 4.69) is 72.0 Å². The van der Waals surface area contributed by atoms with Crippen molar-refractivity contribution in [2.24, 2.45) is 0 Å². The third-order valence-electron chi connectivity index (χ3n) is 3.93. The summed E-state index contributed by atoms with van der Waals surface area (Å²) in [6, 6.07) is 24.2. The summed E-state index contributed by atoms with van der Waals surface area (Å²) in [5.74, 6) is 0. The Morgan fingerprint density at radius 3 is 2.26 bits per heavy atom. The first-order valence-corrected chi connectivity index (χ1v) is 6.73. The predicted octanol–water partition coefficient (Wildman–Crippen LogP) is 4.55. The number of anilines is 1. The lowest BCUT2D eigenvalue weighted by molar-refractivity contribution is 0.824. The molecule has 1 heteroatoms. The van der Waals surface area contributed by atoms with Crippen molar-refractivity contribution in [2.45, 2.75) is 12.5 Å². The van der Waals surface area contributed by atoms with E-state index >= 15 is 0 Å². The third-order valence-corrected chi connectivity index (χ3v) is 3.93. The van der Waals surface area contributed by atoms with Crippen LogP contribution in [-0.2, 0) is 6.42 Å². The van der Waals surface area contributed by atoms with Crippen LogP contribution in [-0.4, -0.2) is 0 Å². The largest absolute Gasteiger partial charge is 0.378 e. The van der Waals surface area contributed by atoms with Gasteiger partial charge in [0.25, 0.3) is 0 Å². The van der Waals surface area contributed by atoms with Gasteiger partial charge in [-0.05, 0) is 40.5 Å². The number of hydrogen-bond donors (Lipinski definition) is 1. The average Bonchev–Trinajstić information content (AvgIpc) is 2.88. The molecule has 1 aliphatic heterocycles. The van der Waals surface area contributed by atoms with Gasteiger partial charge in [-0.1, -0.05) is 54.6 Å². The molecule has 0 saturated carbocycles. The van der Waals surface area contributed by atoms with Crippen molar-refractivity contribution < 1.29 is 0 Å². The highest BCUT2D eigenvalue weighted by Crippen LogP contribution is 2.36.